The van der Waals surface area contributed by atoms with E-state index in [1.807, 2.05) is 0 Å². The molecule has 1 rings (SSSR count). The van der Waals surface area contributed by atoms with Gasteiger partial charge in [-0.05, 0) is 24.3 Å². The molecule has 0 fully saturated rings. The molecule has 0 radical (unpaired) electrons. The van der Waals surface area contributed by atoms with Gasteiger partial charge in [0, 0.05) is 5.56 Å². The van der Waals surface area contributed by atoms with E-state index in [9.17, 15) is 4.79 Å². The van der Waals surface area contributed by atoms with Gasteiger partial charge in [0.15, 0.2) is 0 Å². The Morgan fingerprint density at radius 3 is 2.50 bits per heavy atom. The van der Waals surface area contributed by atoms with Crippen LogP contribution < -0.4 is 9.47 Å². The van der Waals surface area contributed by atoms with Crippen LogP contribution in [0.2, 0.25) is 0 Å². The number of benzene rings is 1. The van der Waals surface area contributed by atoms with Gasteiger partial charge >= 0.3 is 5.97 Å². The minimum atomic E-state index is -0.692. The molecule has 94 valence electrons. The van der Waals surface area contributed by atoms with Crippen molar-refractivity contribution in [3.63, 3.8) is 0 Å². The molecular formula is C13H13NO4. The lowest BCUT2D eigenvalue weighted by molar-refractivity contribution is -0.135. The lowest BCUT2D eigenvalue weighted by Gasteiger charge is -2.07. The zero-order valence-corrected chi connectivity index (χ0v) is 10.4. The lowest BCUT2D eigenvalue weighted by atomic mass is 10.1. The van der Waals surface area contributed by atoms with Crippen LogP contribution in [0.5, 0.6) is 11.5 Å². The van der Waals surface area contributed by atoms with Crippen molar-refractivity contribution >= 4 is 12.0 Å². The molecular weight excluding hydrogens is 234 g/mol. The second kappa shape index (κ2) is 6.30. The van der Waals surface area contributed by atoms with Crippen LogP contribution in [0.1, 0.15) is 5.56 Å². The molecule has 0 saturated carbocycles. The second-order valence-electron chi connectivity index (χ2n) is 3.27. The number of hydrogen-bond acceptors (Lipinski definition) is 5. The third kappa shape index (κ3) is 3.01. The van der Waals surface area contributed by atoms with E-state index < -0.39 is 5.97 Å². The molecule has 0 spiro atoms. The van der Waals surface area contributed by atoms with E-state index in [1.54, 1.807) is 24.3 Å². The molecule has 1 aromatic carbocycles. The fourth-order valence-electron chi connectivity index (χ4n) is 1.35. The summed E-state index contributed by atoms with van der Waals surface area (Å²) < 4.78 is 14.7. The van der Waals surface area contributed by atoms with Crippen LogP contribution in [0.15, 0.2) is 23.8 Å². The van der Waals surface area contributed by atoms with Gasteiger partial charge in [-0.15, -0.1) is 0 Å². The topological polar surface area (TPSA) is 68.6 Å². The molecule has 0 atom stereocenters. The van der Waals surface area contributed by atoms with Crippen LogP contribution in [0.3, 0.4) is 0 Å². The van der Waals surface area contributed by atoms with Crippen LogP contribution >= 0.6 is 0 Å². The number of nitriles is 1. The molecule has 0 bridgehead atoms. The molecule has 0 N–H and O–H groups in total. The van der Waals surface area contributed by atoms with Crippen molar-refractivity contribution in [3.05, 3.63) is 29.3 Å². The molecule has 0 aromatic heterocycles. The molecule has 0 saturated heterocycles. The maximum atomic E-state index is 11.3. The van der Waals surface area contributed by atoms with E-state index in [0.29, 0.717) is 17.1 Å². The third-order valence-corrected chi connectivity index (χ3v) is 2.26. The summed E-state index contributed by atoms with van der Waals surface area (Å²) in [7, 11) is 4.25. The fourth-order valence-corrected chi connectivity index (χ4v) is 1.35. The van der Waals surface area contributed by atoms with Gasteiger partial charge in [-0.1, -0.05) is 0 Å². The zero-order chi connectivity index (χ0) is 13.5. The average Bonchev–Trinajstić information content (AvgIpc) is 2.43. The molecule has 0 unspecified atom stereocenters. The van der Waals surface area contributed by atoms with Crippen LogP contribution in [0.25, 0.3) is 6.08 Å². The number of esters is 1. The summed E-state index contributed by atoms with van der Waals surface area (Å²) in [5.41, 5.74) is 0.461. The minimum Gasteiger partial charge on any atom is -0.497 e. The molecule has 5 nitrogen and oxygen atoms in total. The summed E-state index contributed by atoms with van der Waals surface area (Å²) in [4.78, 5) is 11.3. The van der Waals surface area contributed by atoms with E-state index in [0.717, 1.165) is 0 Å². The first kappa shape index (κ1) is 13.6. The Balaban J connectivity index is 3.26. The smallest absolute Gasteiger partial charge is 0.348 e. The van der Waals surface area contributed by atoms with Crippen molar-refractivity contribution in [2.75, 3.05) is 21.3 Å². The van der Waals surface area contributed by atoms with Crippen LogP contribution in [-0.2, 0) is 9.53 Å². The number of carbonyl (C=O) groups is 1. The summed E-state index contributed by atoms with van der Waals surface area (Å²) in [5, 5.41) is 8.89. The predicted molar refractivity (Wildman–Crippen MR) is 65.2 cm³/mol. The van der Waals surface area contributed by atoms with Crippen LogP contribution in [0.4, 0.5) is 0 Å². The molecule has 0 aliphatic heterocycles. The minimum absolute atomic E-state index is 0.107. The quantitative estimate of drug-likeness (QED) is 0.461. The van der Waals surface area contributed by atoms with Gasteiger partial charge in [0.2, 0.25) is 0 Å². The number of ether oxygens (including phenoxy) is 3. The first-order chi connectivity index (χ1) is 8.65. The summed E-state index contributed by atoms with van der Waals surface area (Å²) in [6.45, 7) is 0. The summed E-state index contributed by atoms with van der Waals surface area (Å²) in [5.74, 6) is 0.444. The van der Waals surface area contributed by atoms with Crippen molar-refractivity contribution < 1.29 is 19.0 Å². The largest absolute Gasteiger partial charge is 0.497 e. The van der Waals surface area contributed by atoms with Crippen molar-refractivity contribution in [2.45, 2.75) is 0 Å². The number of carbonyl (C=O) groups excluding carboxylic acids is 1. The van der Waals surface area contributed by atoms with Gasteiger partial charge < -0.3 is 14.2 Å². The highest BCUT2D eigenvalue weighted by Gasteiger charge is 2.11. The number of methoxy groups -OCH3 is 3. The fraction of sp³-hybridized carbons (Fsp3) is 0.231. The van der Waals surface area contributed by atoms with Gasteiger partial charge in [0.05, 0.1) is 21.3 Å². The van der Waals surface area contributed by atoms with Crippen LogP contribution in [-0.4, -0.2) is 27.3 Å². The molecule has 18 heavy (non-hydrogen) atoms. The summed E-state index contributed by atoms with van der Waals surface area (Å²) in [6.07, 6.45) is 1.40. The molecule has 0 aliphatic rings. The van der Waals surface area contributed by atoms with Crippen molar-refractivity contribution in [3.8, 4) is 17.6 Å². The van der Waals surface area contributed by atoms with Crippen LogP contribution in [0, 0.1) is 11.3 Å². The standard InChI is InChI=1S/C13H13NO4/c1-16-11-4-5-12(17-2)9(7-11)6-10(8-14)13(15)18-3/h4-7H,1-3H3/b10-6+. The second-order valence-corrected chi connectivity index (χ2v) is 3.27. The van der Waals surface area contributed by atoms with E-state index in [2.05, 4.69) is 4.74 Å². The van der Waals surface area contributed by atoms with Crippen molar-refractivity contribution in [1.29, 1.82) is 5.26 Å². The Morgan fingerprint density at radius 1 is 1.28 bits per heavy atom. The van der Waals surface area contributed by atoms with E-state index >= 15 is 0 Å². The Bertz CT molecular complexity index is 514. The highest BCUT2D eigenvalue weighted by Crippen LogP contribution is 2.26. The zero-order valence-electron chi connectivity index (χ0n) is 10.4. The monoisotopic (exact) mass is 247 g/mol. The average molecular weight is 247 g/mol. The molecule has 1 aromatic rings. The highest BCUT2D eigenvalue weighted by molar-refractivity contribution is 5.98. The molecule has 0 heterocycles. The first-order valence-electron chi connectivity index (χ1n) is 5.08. The molecule has 5 heteroatoms. The third-order valence-electron chi connectivity index (χ3n) is 2.26. The predicted octanol–water partition coefficient (Wildman–Crippen LogP) is 1.78. The van der Waals surface area contributed by atoms with Gasteiger partial charge in [0.25, 0.3) is 0 Å². The van der Waals surface area contributed by atoms with E-state index in [1.165, 1.54) is 27.4 Å². The van der Waals surface area contributed by atoms with E-state index in [-0.39, 0.29) is 5.57 Å². The Labute approximate surface area is 105 Å². The van der Waals surface area contributed by atoms with Crippen molar-refractivity contribution in [2.24, 2.45) is 0 Å². The number of hydrogen-bond donors (Lipinski definition) is 0. The SMILES string of the molecule is COC(=O)/C(C#N)=C/c1cc(OC)ccc1OC. The maximum Gasteiger partial charge on any atom is 0.348 e. The van der Waals surface area contributed by atoms with Gasteiger partial charge in [-0.25, -0.2) is 4.79 Å². The van der Waals surface area contributed by atoms with Gasteiger partial charge in [0.1, 0.15) is 23.1 Å². The summed E-state index contributed by atoms with van der Waals surface area (Å²) in [6, 6.07) is 6.86. The Morgan fingerprint density at radius 2 is 2.00 bits per heavy atom. The van der Waals surface area contributed by atoms with E-state index in [4.69, 9.17) is 14.7 Å². The van der Waals surface area contributed by atoms with Gasteiger partial charge in [-0.3, -0.25) is 0 Å². The maximum absolute atomic E-state index is 11.3. The lowest BCUT2D eigenvalue weighted by Crippen LogP contribution is -2.02. The number of rotatable bonds is 4. The molecule has 0 aliphatic carbocycles. The molecule has 0 amide bonds. The van der Waals surface area contributed by atoms with Gasteiger partial charge in [-0.2, -0.15) is 5.26 Å². The number of nitrogens with zero attached hydrogens (tertiary/aromatic N) is 1. The van der Waals surface area contributed by atoms with Crippen molar-refractivity contribution in [1.82, 2.24) is 0 Å². The highest BCUT2D eigenvalue weighted by atomic mass is 16.5. The Hall–Kier alpha value is -2.48. The normalized spacial score (nSPS) is 10.4. The Kier molecular flexibility index (Phi) is 4.76. The summed E-state index contributed by atoms with van der Waals surface area (Å²) >= 11 is 0. The first-order valence-corrected chi connectivity index (χ1v) is 5.08.